The maximum absolute atomic E-state index is 12.1. The standard InChI is InChI=1S/C10H15ClN4OS/c1-14-5-3-4-7(6-14)15(2)9(16)8-12-13-10(11)17-8/h7H,3-6H2,1-2H3. The molecule has 2 heterocycles. The maximum Gasteiger partial charge on any atom is 0.284 e. The Labute approximate surface area is 109 Å². The first-order valence-electron chi connectivity index (χ1n) is 5.52. The summed E-state index contributed by atoms with van der Waals surface area (Å²) in [5.41, 5.74) is 0. The number of carbonyl (C=O) groups is 1. The van der Waals surface area contributed by atoms with E-state index in [0.29, 0.717) is 9.47 Å². The van der Waals surface area contributed by atoms with Crippen LogP contribution in [0.4, 0.5) is 0 Å². The molecular weight excluding hydrogens is 260 g/mol. The highest BCUT2D eigenvalue weighted by atomic mass is 35.5. The van der Waals surface area contributed by atoms with E-state index in [4.69, 9.17) is 11.6 Å². The Hall–Kier alpha value is -0.720. The largest absolute Gasteiger partial charge is 0.335 e. The molecule has 0 radical (unpaired) electrons. The molecule has 7 heteroatoms. The van der Waals surface area contributed by atoms with Crippen molar-refractivity contribution in [1.29, 1.82) is 0 Å². The van der Waals surface area contributed by atoms with Gasteiger partial charge in [0, 0.05) is 19.6 Å². The predicted molar refractivity (Wildman–Crippen MR) is 67.5 cm³/mol. The summed E-state index contributed by atoms with van der Waals surface area (Å²) in [4.78, 5) is 16.1. The summed E-state index contributed by atoms with van der Waals surface area (Å²) < 4.78 is 0.308. The van der Waals surface area contributed by atoms with Crippen LogP contribution in [0.2, 0.25) is 4.47 Å². The van der Waals surface area contributed by atoms with E-state index >= 15 is 0 Å². The van der Waals surface area contributed by atoms with Gasteiger partial charge in [-0.05, 0) is 38.0 Å². The fraction of sp³-hybridized carbons (Fsp3) is 0.700. The van der Waals surface area contributed by atoms with Gasteiger partial charge in [-0.25, -0.2) is 0 Å². The van der Waals surface area contributed by atoms with Crippen molar-refractivity contribution in [3.8, 4) is 0 Å². The number of halogens is 1. The van der Waals surface area contributed by atoms with Crippen LogP contribution in [-0.4, -0.2) is 59.1 Å². The Morgan fingerprint density at radius 2 is 2.35 bits per heavy atom. The van der Waals surface area contributed by atoms with Gasteiger partial charge < -0.3 is 9.80 Å². The first-order valence-corrected chi connectivity index (χ1v) is 6.72. The lowest BCUT2D eigenvalue weighted by molar-refractivity contribution is 0.0643. The number of likely N-dealkylation sites (N-methyl/N-ethyl adjacent to an activating group) is 2. The van der Waals surface area contributed by atoms with Gasteiger partial charge in [-0.1, -0.05) is 11.3 Å². The Bertz CT molecular complexity index is 411. The van der Waals surface area contributed by atoms with E-state index in [1.807, 2.05) is 7.05 Å². The third-order valence-electron chi connectivity index (χ3n) is 3.05. The Morgan fingerprint density at radius 3 is 2.94 bits per heavy atom. The lowest BCUT2D eigenvalue weighted by Gasteiger charge is -2.35. The molecule has 1 aliphatic rings. The van der Waals surface area contributed by atoms with Crippen molar-refractivity contribution in [2.75, 3.05) is 27.2 Å². The summed E-state index contributed by atoms with van der Waals surface area (Å²) >= 11 is 6.81. The third kappa shape index (κ3) is 2.94. The van der Waals surface area contributed by atoms with Gasteiger partial charge in [0.25, 0.3) is 5.91 Å². The molecule has 1 fully saturated rings. The summed E-state index contributed by atoms with van der Waals surface area (Å²) in [5, 5.41) is 7.81. The van der Waals surface area contributed by atoms with E-state index in [-0.39, 0.29) is 11.9 Å². The van der Waals surface area contributed by atoms with Gasteiger partial charge in [0.1, 0.15) is 0 Å². The highest BCUT2D eigenvalue weighted by molar-refractivity contribution is 7.17. The normalized spacial score (nSPS) is 21.5. The number of rotatable bonds is 2. The molecule has 0 saturated carbocycles. The smallest absolute Gasteiger partial charge is 0.284 e. The molecule has 5 nitrogen and oxygen atoms in total. The lowest BCUT2D eigenvalue weighted by atomic mass is 10.1. The fourth-order valence-electron chi connectivity index (χ4n) is 2.06. The van der Waals surface area contributed by atoms with Gasteiger partial charge in [-0.2, -0.15) is 0 Å². The molecule has 1 aliphatic heterocycles. The van der Waals surface area contributed by atoms with Crippen LogP contribution >= 0.6 is 22.9 Å². The monoisotopic (exact) mass is 274 g/mol. The van der Waals surface area contributed by atoms with Crippen LogP contribution in [-0.2, 0) is 0 Å². The predicted octanol–water partition coefficient (Wildman–Crippen LogP) is 1.36. The Morgan fingerprint density at radius 1 is 1.59 bits per heavy atom. The molecule has 1 saturated heterocycles. The second kappa shape index (κ2) is 5.29. The Kier molecular flexibility index (Phi) is 3.96. The van der Waals surface area contributed by atoms with E-state index in [9.17, 15) is 4.79 Å². The van der Waals surface area contributed by atoms with Crippen LogP contribution in [0.3, 0.4) is 0 Å². The van der Waals surface area contributed by atoms with Crippen LogP contribution in [0, 0.1) is 0 Å². The van der Waals surface area contributed by atoms with E-state index in [1.54, 1.807) is 4.90 Å². The van der Waals surface area contributed by atoms with Crippen molar-refractivity contribution in [1.82, 2.24) is 20.0 Å². The second-order valence-electron chi connectivity index (χ2n) is 4.33. The highest BCUT2D eigenvalue weighted by Crippen LogP contribution is 2.19. The number of nitrogens with zero attached hydrogens (tertiary/aromatic N) is 4. The number of hydrogen-bond donors (Lipinski definition) is 0. The molecule has 1 aromatic rings. The van der Waals surface area contributed by atoms with Crippen molar-refractivity contribution >= 4 is 28.8 Å². The number of amides is 1. The summed E-state index contributed by atoms with van der Waals surface area (Å²) in [6, 6.07) is 0.254. The first-order chi connectivity index (χ1) is 8.08. The molecular formula is C10H15ClN4OS. The summed E-state index contributed by atoms with van der Waals surface area (Å²) in [7, 11) is 3.90. The van der Waals surface area contributed by atoms with Crippen molar-refractivity contribution in [3.63, 3.8) is 0 Å². The molecule has 1 amide bonds. The molecule has 0 aliphatic carbocycles. The quantitative estimate of drug-likeness (QED) is 0.817. The van der Waals surface area contributed by atoms with Crippen molar-refractivity contribution in [2.24, 2.45) is 0 Å². The molecule has 94 valence electrons. The number of aromatic nitrogens is 2. The van der Waals surface area contributed by atoms with Crippen molar-refractivity contribution in [2.45, 2.75) is 18.9 Å². The average molecular weight is 275 g/mol. The van der Waals surface area contributed by atoms with Gasteiger partial charge >= 0.3 is 0 Å². The van der Waals surface area contributed by atoms with E-state index in [2.05, 4.69) is 22.1 Å². The second-order valence-corrected chi connectivity index (χ2v) is 5.89. The third-order valence-corrected chi connectivity index (χ3v) is 4.06. The molecule has 17 heavy (non-hydrogen) atoms. The number of hydrogen-bond acceptors (Lipinski definition) is 5. The maximum atomic E-state index is 12.1. The molecule has 0 N–H and O–H groups in total. The van der Waals surface area contributed by atoms with Crippen molar-refractivity contribution in [3.05, 3.63) is 9.47 Å². The SMILES string of the molecule is CN1CCCC(N(C)C(=O)c2nnc(Cl)s2)C1. The molecule has 2 rings (SSSR count). The van der Waals surface area contributed by atoms with Gasteiger partial charge in [-0.3, -0.25) is 4.79 Å². The summed E-state index contributed by atoms with van der Waals surface area (Å²) in [6.45, 7) is 2.01. The molecule has 1 unspecified atom stereocenters. The minimum Gasteiger partial charge on any atom is -0.335 e. The lowest BCUT2D eigenvalue weighted by Crippen LogP contribution is -2.47. The zero-order chi connectivity index (χ0) is 12.4. The number of likely N-dealkylation sites (tertiary alicyclic amines) is 1. The molecule has 0 aromatic carbocycles. The highest BCUT2D eigenvalue weighted by Gasteiger charge is 2.26. The zero-order valence-electron chi connectivity index (χ0n) is 9.89. The van der Waals surface area contributed by atoms with Crippen molar-refractivity contribution < 1.29 is 4.79 Å². The Balaban J connectivity index is 2.04. The van der Waals surface area contributed by atoms with E-state index < -0.39 is 0 Å². The van der Waals surface area contributed by atoms with Crippen LogP contribution in [0.1, 0.15) is 22.6 Å². The van der Waals surface area contributed by atoms with Gasteiger partial charge in [0.15, 0.2) is 0 Å². The minimum atomic E-state index is -0.0882. The van der Waals surface area contributed by atoms with Crippen LogP contribution in [0.25, 0.3) is 0 Å². The zero-order valence-corrected chi connectivity index (χ0v) is 11.5. The van der Waals surface area contributed by atoms with Crippen LogP contribution < -0.4 is 0 Å². The number of carbonyl (C=O) groups excluding carboxylic acids is 1. The summed E-state index contributed by atoms with van der Waals surface area (Å²) in [5.74, 6) is -0.0882. The molecule has 0 bridgehead atoms. The van der Waals surface area contributed by atoms with Crippen LogP contribution in [0.5, 0.6) is 0 Å². The fourth-order valence-corrected chi connectivity index (χ4v) is 2.87. The van der Waals surface area contributed by atoms with Crippen LogP contribution in [0.15, 0.2) is 0 Å². The molecule has 1 atom stereocenters. The minimum absolute atomic E-state index is 0.0882. The first kappa shape index (κ1) is 12.7. The van der Waals surface area contributed by atoms with Gasteiger partial charge in [0.05, 0.1) is 0 Å². The number of piperidine rings is 1. The van der Waals surface area contributed by atoms with E-state index in [0.717, 1.165) is 37.3 Å². The summed E-state index contributed by atoms with van der Waals surface area (Å²) in [6.07, 6.45) is 2.16. The topological polar surface area (TPSA) is 49.3 Å². The molecule has 0 spiro atoms. The average Bonchev–Trinajstić information content (AvgIpc) is 2.74. The van der Waals surface area contributed by atoms with Gasteiger partial charge in [-0.15, -0.1) is 10.2 Å². The van der Waals surface area contributed by atoms with Gasteiger partial charge in [0.2, 0.25) is 9.47 Å². The van der Waals surface area contributed by atoms with E-state index in [1.165, 1.54) is 0 Å². The molecule has 1 aromatic heterocycles.